The summed E-state index contributed by atoms with van der Waals surface area (Å²) < 4.78 is 13.5. The molecule has 0 radical (unpaired) electrons. The average molecular weight is 250 g/mol. The Kier molecular flexibility index (Phi) is 3.64. The van der Waals surface area contributed by atoms with Gasteiger partial charge in [0.05, 0.1) is 5.69 Å². The van der Waals surface area contributed by atoms with E-state index in [-0.39, 0.29) is 11.9 Å². The molecule has 1 N–H and O–H groups in total. The molecule has 0 amide bonds. The number of nitrogens with one attached hydrogen (secondary N) is 1. The molecule has 0 aromatic heterocycles. The number of anilines is 1. The van der Waals surface area contributed by atoms with E-state index in [0.717, 1.165) is 5.56 Å². The fourth-order valence-corrected chi connectivity index (χ4v) is 1.87. The lowest BCUT2D eigenvalue weighted by atomic mass is 10.1. The van der Waals surface area contributed by atoms with Crippen molar-refractivity contribution in [1.82, 2.24) is 0 Å². The molecule has 0 saturated carbocycles. The van der Waals surface area contributed by atoms with Crippen molar-refractivity contribution in [3.63, 3.8) is 0 Å². The van der Waals surface area contributed by atoms with Crippen LogP contribution < -0.4 is 5.32 Å². The van der Waals surface area contributed by atoms with Crippen molar-refractivity contribution in [3.8, 4) is 0 Å². The number of hydrogen-bond donors (Lipinski definition) is 1. The average Bonchev–Trinajstić information content (AvgIpc) is 2.32. The van der Waals surface area contributed by atoms with Crippen LogP contribution in [0.4, 0.5) is 10.1 Å². The zero-order valence-electron chi connectivity index (χ0n) is 9.45. The van der Waals surface area contributed by atoms with Gasteiger partial charge in [-0.15, -0.1) is 0 Å². The second kappa shape index (κ2) is 5.19. The maximum atomic E-state index is 13.5. The van der Waals surface area contributed by atoms with Gasteiger partial charge in [-0.1, -0.05) is 35.9 Å². The van der Waals surface area contributed by atoms with Crippen LogP contribution in [0.25, 0.3) is 0 Å². The Morgan fingerprint density at radius 1 is 1.12 bits per heavy atom. The van der Waals surface area contributed by atoms with Gasteiger partial charge in [0.25, 0.3) is 0 Å². The third kappa shape index (κ3) is 2.98. The first-order valence-corrected chi connectivity index (χ1v) is 5.81. The van der Waals surface area contributed by atoms with Gasteiger partial charge in [-0.05, 0) is 36.8 Å². The van der Waals surface area contributed by atoms with E-state index in [2.05, 4.69) is 5.32 Å². The molecule has 2 rings (SSSR count). The standard InChI is InChI=1S/C14H13ClFN/c1-10(11-5-4-6-12(15)9-11)17-14-8-3-2-7-13(14)16/h2-10,17H,1H3. The number of benzene rings is 2. The molecule has 0 fully saturated rings. The van der Waals surface area contributed by atoms with Crippen LogP contribution in [0.1, 0.15) is 18.5 Å². The van der Waals surface area contributed by atoms with Crippen molar-refractivity contribution in [1.29, 1.82) is 0 Å². The molecule has 1 unspecified atom stereocenters. The van der Waals surface area contributed by atoms with Gasteiger partial charge in [0.2, 0.25) is 0 Å². The predicted octanol–water partition coefficient (Wildman–Crippen LogP) is 4.65. The summed E-state index contributed by atoms with van der Waals surface area (Å²) in [5.74, 6) is -0.249. The van der Waals surface area contributed by atoms with Crippen LogP contribution in [0.15, 0.2) is 48.5 Å². The summed E-state index contributed by atoms with van der Waals surface area (Å²) >= 11 is 5.92. The number of para-hydroxylation sites is 1. The molecule has 88 valence electrons. The van der Waals surface area contributed by atoms with Crippen molar-refractivity contribution >= 4 is 17.3 Å². The highest BCUT2D eigenvalue weighted by atomic mass is 35.5. The zero-order valence-corrected chi connectivity index (χ0v) is 10.2. The molecule has 0 aliphatic rings. The second-order valence-corrected chi connectivity index (χ2v) is 4.34. The molecule has 2 aromatic carbocycles. The molecule has 0 bridgehead atoms. The van der Waals surface area contributed by atoms with Gasteiger partial charge in [0.15, 0.2) is 0 Å². The van der Waals surface area contributed by atoms with Gasteiger partial charge >= 0.3 is 0 Å². The molecular formula is C14H13ClFN. The summed E-state index contributed by atoms with van der Waals surface area (Å²) in [4.78, 5) is 0. The minimum atomic E-state index is -0.249. The quantitative estimate of drug-likeness (QED) is 0.835. The topological polar surface area (TPSA) is 12.0 Å². The minimum absolute atomic E-state index is 0.00519. The van der Waals surface area contributed by atoms with E-state index < -0.39 is 0 Å². The van der Waals surface area contributed by atoms with Crippen molar-refractivity contribution in [2.75, 3.05) is 5.32 Å². The Balaban J connectivity index is 2.17. The van der Waals surface area contributed by atoms with E-state index in [1.54, 1.807) is 18.2 Å². The SMILES string of the molecule is CC(Nc1ccccc1F)c1cccc(Cl)c1. The highest BCUT2D eigenvalue weighted by Gasteiger charge is 2.08. The summed E-state index contributed by atoms with van der Waals surface area (Å²) in [5.41, 5.74) is 1.53. The van der Waals surface area contributed by atoms with Crippen LogP contribution >= 0.6 is 11.6 Å². The second-order valence-electron chi connectivity index (χ2n) is 3.90. The molecule has 0 aliphatic heterocycles. The van der Waals surface area contributed by atoms with Crippen molar-refractivity contribution in [2.24, 2.45) is 0 Å². The lowest BCUT2D eigenvalue weighted by Gasteiger charge is -2.16. The summed E-state index contributed by atoms with van der Waals surface area (Å²) in [6.07, 6.45) is 0. The Morgan fingerprint density at radius 2 is 1.88 bits per heavy atom. The lowest BCUT2D eigenvalue weighted by molar-refractivity contribution is 0.627. The maximum absolute atomic E-state index is 13.5. The van der Waals surface area contributed by atoms with Crippen LogP contribution in [0.3, 0.4) is 0 Å². The number of hydrogen-bond acceptors (Lipinski definition) is 1. The Hall–Kier alpha value is -1.54. The summed E-state index contributed by atoms with van der Waals surface area (Å²) in [7, 11) is 0. The Labute approximate surface area is 105 Å². The normalized spacial score (nSPS) is 12.2. The van der Waals surface area contributed by atoms with E-state index >= 15 is 0 Å². The monoisotopic (exact) mass is 249 g/mol. The van der Waals surface area contributed by atoms with Crippen LogP contribution in [0.5, 0.6) is 0 Å². The molecule has 1 atom stereocenters. The molecule has 0 saturated heterocycles. The fourth-order valence-electron chi connectivity index (χ4n) is 1.67. The van der Waals surface area contributed by atoms with E-state index in [4.69, 9.17) is 11.6 Å². The van der Waals surface area contributed by atoms with Gasteiger partial charge in [0, 0.05) is 11.1 Å². The highest BCUT2D eigenvalue weighted by Crippen LogP contribution is 2.23. The van der Waals surface area contributed by atoms with Crippen molar-refractivity contribution in [2.45, 2.75) is 13.0 Å². The van der Waals surface area contributed by atoms with Crippen LogP contribution in [-0.2, 0) is 0 Å². The molecule has 1 nitrogen and oxygen atoms in total. The van der Waals surface area contributed by atoms with E-state index in [1.165, 1.54) is 6.07 Å². The van der Waals surface area contributed by atoms with Crippen LogP contribution in [-0.4, -0.2) is 0 Å². The van der Waals surface area contributed by atoms with Gasteiger partial charge in [-0.2, -0.15) is 0 Å². The Morgan fingerprint density at radius 3 is 2.59 bits per heavy atom. The maximum Gasteiger partial charge on any atom is 0.146 e. The number of rotatable bonds is 3. The Bertz CT molecular complexity index is 513. The van der Waals surface area contributed by atoms with Gasteiger partial charge in [0.1, 0.15) is 5.82 Å². The largest absolute Gasteiger partial charge is 0.376 e. The lowest BCUT2D eigenvalue weighted by Crippen LogP contribution is -2.07. The van der Waals surface area contributed by atoms with Crippen molar-refractivity contribution < 1.29 is 4.39 Å². The third-order valence-electron chi connectivity index (χ3n) is 2.59. The highest BCUT2D eigenvalue weighted by molar-refractivity contribution is 6.30. The minimum Gasteiger partial charge on any atom is -0.376 e. The van der Waals surface area contributed by atoms with Gasteiger partial charge in [-0.3, -0.25) is 0 Å². The molecule has 3 heteroatoms. The molecule has 0 spiro atoms. The summed E-state index contributed by atoms with van der Waals surface area (Å²) in [5, 5.41) is 3.80. The smallest absolute Gasteiger partial charge is 0.146 e. The molecule has 17 heavy (non-hydrogen) atoms. The van der Waals surface area contributed by atoms with Crippen molar-refractivity contribution in [3.05, 3.63) is 64.9 Å². The van der Waals surface area contributed by atoms with E-state index in [9.17, 15) is 4.39 Å². The van der Waals surface area contributed by atoms with Gasteiger partial charge < -0.3 is 5.32 Å². The fraction of sp³-hybridized carbons (Fsp3) is 0.143. The molecular weight excluding hydrogens is 237 g/mol. The van der Waals surface area contributed by atoms with E-state index in [1.807, 2.05) is 31.2 Å². The zero-order chi connectivity index (χ0) is 12.3. The van der Waals surface area contributed by atoms with Crippen LogP contribution in [0, 0.1) is 5.82 Å². The predicted molar refractivity (Wildman–Crippen MR) is 69.9 cm³/mol. The summed E-state index contributed by atoms with van der Waals surface area (Å²) in [6, 6.07) is 14.2. The number of halogens is 2. The van der Waals surface area contributed by atoms with E-state index in [0.29, 0.717) is 10.7 Å². The van der Waals surface area contributed by atoms with Gasteiger partial charge in [-0.25, -0.2) is 4.39 Å². The first-order chi connectivity index (χ1) is 8.16. The summed E-state index contributed by atoms with van der Waals surface area (Å²) in [6.45, 7) is 1.97. The molecule has 0 heterocycles. The molecule has 0 aliphatic carbocycles. The molecule has 2 aromatic rings. The first kappa shape index (κ1) is 11.9. The third-order valence-corrected chi connectivity index (χ3v) is 2.83. The van der Waals surface area contributed by atoms with Crippen LogP contribution in [0.2, 0.25) is 5.02 Å². The first-order valence-electron chi connectivity index (χ1n) is 5.43.